The molecule has 2 radical (unpaired) electrons. The van der Waals surface area contributed by atoms with Crippen molar-refractivity contribution in [2.75, 3.05) is 5.73 Å². The monoisotopic (exact) mass is 723 g/mol. The van der Waals surface area contributed by atoms with Crippen molar-refractivity contribution in [1.82, 2.24) is 19.5 Å². The number of fused-ring (bicyclic) bond motifs is 1. The first-order valence-electron chi connectivity index (χ1n) is 18.2. The minimum atomic E-state index is -1.64. The number of rotatable bonds is 11. The predicted octanol–water partition coefficient (Wildman–Crippen LogP) is 6.06. The molecule has 0 bridgehead atoms. The van der Waals surface area contributed by atoms with E-state index in [9.17, 15) is 0 Å². The number of aromatic nitrogens is 4. The van der Waals surface area contributed by atoms with Gasteiger partial charge in [-0.2, -0.15) is 0 Å². The van der Waals surface area contributed by atoms with E-state index in [4.69, 9.17) is 24.6 Å². The van der Waals surface area contributed by atoms with Crippen LogP contribution in [0.2, 0.25) is 0 Å². The average molecular weight is 724 g/mol. The normalized spacial score (nSPS) is 19.1. The summed E-state index contributed by atoms with van der Waals surface area (Å²) >= 11 is 0. The Kier molecular flexibility index (Phi) is 10.3. The molecule has 2 aromatic heterocycles. The van der Waals surface area contributed by atoms with Gasteiger partial charge in [-0.15, -0.1) is 0 Å². The fourth-order valence-corrected chi connectivity index (χ4v) is 12.5. The molecule has 7 rings (SSSR count). The van der Waals surface area contributed by atoms with Crippen LogP contribution in [0.25, 0.3) is 11.2 Å². The zero-order valence-electron chi connectivity index (χ0n) is 31.0. The van der Waals surface area contributed by atoms with Crippen LogP contribution in [0, 0.1) is 22.7 Å². The maximum Gasteiger partial charge on any atom is 0.283 e. The Morgan fingerprint density at radius 3 is 1.46 bits per heavy atom. The number of anilines is 1. The number of nitrogen functional groups attached to an aromatic ring is 1. The topological polar surface area (TPSA) is 88.1 Å². The van der Waals surface area contributed by atoms with E-state index < -0.39 is 18.1 Å². The van der Waals surface area contributed by atoms with Crippen molar-refractivity contribution >= 4 is 55.8 Å². The molecule has 9 heteroatoms. The van der Waals surface area contributed by atoms with Crippen LogP contribution >= 0.6 is 0 Å². The van der Waals surface area contributed by atoms with Gasteiger partial charge in [-0.05, 0) is 43.9 Å². The van der Waals surface area contributed by atoms with Crippen LogP contribution in [-0.4, -0.2) is 49.8 Å². The van der Waals surface area contributed by atoms with Crippen molar-refractivity contribution in [3.63, 3.8) is 0 Å². The van der Waals surface area contributed by atoms with Crippen LogP contribution in [0.15, 0.2) is 134 Å². The smallest absolute Gasteiger partial charge is 0.283 e. The van der Waals surface area contributed by atoms with Gasteiger partial charge in [0, 0.05) is 12.0 Å². The van der Waals surface area contributed by atoms with Gasteiger partial charge in [-0.25, -0.2) is 15.0 Å². The molecule has 1 aliphatic carbocycles. The van der Waals surface area contributed by atoms with Gasteiger partial charge >= 0.3 is 0 Å². The summed E-state index contributed by atoms with van der Waals surface area (Å²) in [7, 11) is -3.23. The second-order valence-electron chi connectivity index (χ2n) is 16.1. The lowest BCUT2D eigenvalue weighted by molar-refractivity contribution is -0.127. The maximum absolute atomic E-state index is 7.69. The lowest BCUT2D eigenvalue weighted by Gasteiger charge is -2.57. The summed E-state index contributed by atoms with van der Waals surface area (Å²) in [6.07, 6.45) is 4.16. The van der Waals surface area contributed by atoms with Crippen molar-refractivity contribution < 1.29 is 8.85 Å². The number of hydrogen-bond donors (Lipinski definition) is 1. The Morgan fingerprint density at radius 2 is 1.04 bits per heavy atom. The molecule has 7 nitrogen and oxygen atoms in total. The molecule has 2 heterocycles. The third-order valence-corrected chi connectivity index (χ3v) is 14.7. The first-order valence-corrected chi connectivity index (χ1v) is 21.0. The van der Waals surface area contributed by atoms with Gasteiger partial charge in [0.1, 0.15) is 11.8 Å². The zero-order chi connectivity index (χ0) is 36.5. The second kappa shape index (κ2) is 14.9. The fourth-order valence-electron chi connectivity index (χ4n) is 7.80. The number of benzene rings is 4. The van der Waals surface area contributed by atoms with Gasteiger partial charge in [0.25, 0.3) is 18.1 Å². The molecule has 52 heavy (non-hydrogen) atoms. The molecule has 4 aromatic carbocycles. The summed E-state index contributed by atoms with van der Waals surface area (Å²) in [5, 5.41) is 4.96. The highest BCUT2D eigenvalue weighted by Gasteiger charge is 2.56. The molecule has 266 valence electrons. The van der Waals surface area contributed by atoms with Crippen molar-refractivity contribution in [2.24, 2.45) is 22.7 Å². The molecule has 1 saturated carbocycles. The molecule has 5 atom stereocenters. The fraction of sp³-hybridized carbons (Fsp3) is 0.326. The Morgan fingerprint density at radius 1 is 0.615 bits per heavy atom. The third kappa shape index (κ3) is 7.41. The average Bonchev–Trinajstić information content (AvgIpc) is 3.56. The third-order valence-electron chi connectivity index (χ3n) is 10.3. The molecular weight excluding hydrogens is 675 g/mol. The molecule has 1 fully saturated rings. The van der Waals surface area contributed by atoms with E-state index in [0.29, 0.717) is 11.3 Å². The van der Waals surface area contributed by atoms with E-state index in [1.165, 1.54) is 20.7 Å². The lowest BCUT2D eigenvalue weighted by Crippen LogP contribution is -2.62. The standard InChI is InChI=1S/C43H49N5O2Si2/c1-42(2,3)38(49-51(30-19-11-7-12-20-30)31-21-13-8-14-22-31)34-27-35(48-29-47-37-40(44)45-28-46-41(37)48)36(34)39(43(4,5)6)50-52(32-23-15-9-16-24-32)33-25-17-10-18-26-33/h7-26,28-29,34-36,38-39H,27H2,1-6H3,(H2,44,45,46)/t34-,35-,36+,38?,39?/m0/s1. The van der Waals surface area contributed by atoms with Crippen LogP contribution in [0.4, 0.5) is 5.82 Å². The predicted molar refractivity (Wildman–Crippen MR) is 215 cm³/mol. The minimum absolute atomic E-state index is 0.0601. The second-order valence-corrected chi connectivity index (χ2v) is 20.2. The van der Waals surface area contributed by atoms with E-state index >= 15 is 0 Å². The Hall–Kier alpha value is -4.42. The number of hydrogen-bond acceptors (Lipinski definition) is 6. The highest BCUT2D eigenvalue weighted by molar-refractivity contribution is 6.80. The molecule has 1 aliphatic rings. The van der Waals surface area contributed by atoms with Crippen molar-refractivity contribution in [2.45, 2.75) is 66.2 Å². The summed E-state index contributed by atoms with van der Waals surface area (Å²) in [5.41, 5.74) is 7.35. The minimum Gasteiger partial charge on any atom is -0.404 e. The van der Waals surface area contributed by atoms with E-state index in [-0.39, 0.29) is 40.9 Å². The highest BCUT2D eigenvalue weighted by Crippen LogP contribution is 2.56. The number of nitrogens with two attached hydrogens (primary N) is 1. The van der Waals surface area contributed by atoms with E-state index in [1.807, 2.05) is 6.33 Å². The molecule has 0 saturated heterocycles. The molecule has 6 aromatic rings. The van der Waals surface area contributed by atoms with Crippen molar-refractivity contribution in [3.8, 4) is 0 Å². The van der Waals surface area contributed by atoms with Gasteiger partial charge in [-0.1, -0.05) is 163 Å². The van der Waals surface area contributed by atoms with E-state index in [1.54, 1.807) is 6.33 Å². The summed E-state index contributed by atoms with van der Waals surface area (Å²) in [6, 6.07) is 43.1. The van der Waals surface area contributed by atoms with Gasteiger partial charge in [0.15, 0.2) is 11.5 Å². The largest absolute Gasteiger partial charge is 0.404 e. The summed E-state index contributed by atoms with van der Waals surface area (Å²) in [6.45, 7) is 13.9. The Bertz CT molecular complexity index is 1970. The van der Waals surface area contributed by atoms with E-state index in [0.717, 1.165) is 12.1 Å². The summed E-state index contributed by atoms with van der Waals surface area (Å²) in [5.74, 6) is 0.667. The first-order chi connectivity index (χ1) is 25.0. The Labute approximate surface area is 311 Å². The molecule has 0 spiro atoms. The molecule has 2 N–H and O–H groups in total. The quantitative estimate of drug-likeness (QED) is 0.164. The van der Waals surface area contributed by atoms with Gasteiger partial charge in [0.05, 0.1) is 18.5 Å². The molecule has 0 amide bonds. The SMILES string of the molecule is CC(C)(C)C(O[Si](c1ccccc1)c1ccccc1)[C@@H]1[C@@H](C(O[Si](c2ccccc2)c2ccccc2)C(C)(C)C)C[C@@H]1n1cnc2c(N)ncnc21. The highest BCUT2D eigenvalue weighted by atomic mass is 28.3. The van der Waals surface area contributed by atoms with Gasteiger partial charge in [0.2, 0.25) is 0 Å². The molecule has 0 aliphatic heterocycles. The summed E-state index contributed by atoms with van der Waals surface area (Å²) < 4.78 is 17.5. The Balaban J connectivity index is 1.35. The van der Waals surface area contributed by atoms with E-state index in [2.05, 4.69) is 172 Å². The van der Waals surface area contributed by atoms with Gasteiger partial charge < -0.3 is 19.2 Å². The van der Waals surface area contributed by atoms with Crippen LogP contribution in [0.5, 0.6) is 0 Å². The van der Waals surface area contributed by atoms with Crippen LogP contribution in [0.3, 0.4) is 0 Å². The van der Waals surface area contributed by atoms with Gasteiger partial charge in [-0.3, -0.25) is 0 Å². The summed E-state index contributed by atoms with van der Waals surface area (Å²) in [4.78, 5) is 13.7. The number of nitrogens with zero attached hydrogens (tertiary/aromatic N) is 4. The molecular formula is C43H49N5O2Si2. The van der Waals surface area contributed by atoms with Crippen molar-refractivity contribution in [3.05, 3.63) is 134 Å². The van der Waals surface area contributed by atoms with Crippen LogP contribution in [-0.2, 0) is 8.85 Å². The zero-order valence-corrected chi connectivity index (χ0v) is 33.0. The lowest BCUT2D eigenvalue weighted by atomic mass is 9.57. The van der Waals surface area contributed by atoms with Crippen LogP contribution in [0.1, 0.15) is 54.0 Å². The molecule has 2 unspecified atom stereocenters. The first kappa shape index (κ1) is 36.0. The number of imidazole rings is 1. The van der Waals surface area contributed by atoms with Crippen LogP contribution < -0.4 is 26.5 Å². The van der Waals surface area contributed by atoms with Crippen molar-refractivity contribution in [1.29, 1.82) is 0 Å². The maximum atomic E-state index is 7.69.